The highest BCUT2D eigenvalue weighted by Crippen LogP contribution is 2.23. The van der Waals surface area contributed by atoms with Gasteiger partial charge in [0, 0.05) is 30.9 Å². The molecule has 3 rings (SSSR count). The van der Waals surface area contributed by atoms with Gasteiger partial charge in [0.15, 0.2) is 0 Å². The van der Waals surface area contributed by atoms with Gasteiger partial charge in [-0.25, -0.2) is 4.39 Å². The first kappa shape index (κ1) is 15.7. The van der Waals surface area contributed by atoms with Gasteiger partial charge in [-0.1, -0.05) is 30.3 Å². The van der Waals surface area contributed by atoms with Crippen LogP contribution in [0.3, 0.4) is 0 Å². The Labute approximate surface area is 136 Å². The zero-order valence-electron chi connectivity index (χ0n) is 13.5. The fourth-order valence-corrected chi connectivity index (χ4v) is 3.03. The van der Waals surface area contributed by atoms with Gasteiger partial charge in [0.05, 0.1) is 6.04 Å². The average molecular weight is 312 g/mol. The molecule has 120 valence electrons. The summed E-state index contributed by atoms with van der Waals surface area (Å²) in [6, 6.07) is 14.5. The van der Waals surface area contributed by atoms with E-state index in [-0.39, 0.29) is 17.8 Å². The first-order valence-electron chi connectivity index (χ1n) is 7.92. The molecule has 3 nitrogen and oxygen atoms in total. The van der Waals surface area contributed by atoms with Crippen LogP contribution < -0.4 is 4.90 Å². The molecule has 1 fully saturated rings. The molecule has 0 radical (unpaired) electrons. The van der Waals surface area contributed by atoms with Crippen LogP contribution >= 0.6 is 0 Å². The summed E-state index contributed by atoms with van der Waals surface area (Å²) in [5, 5.41) is 0. The number of halogens is 1. The van der Waals surface area contributed by atoms with Gasteiger partial charge in [-0.05, 0) is 37.6 Å². The minimum Gasteiger partial charge on any atom is -0.310 e. The molecular weight excluding hydrogens is 291 g/mol. The number of hydrogen-bond acceptors (Lipinski definition) is 2. The van der Waals surface area contributed by atoms with Gasteiger partial charge in [-0.15, -0.1) is 0 Å². The van der Waals surface area contributed by atoms with E-state index in [1.165, 1.54) is 6.07 Å². The van der Waals surface area contributed by atoms with E-state index >= 15 is 0 Å². The Morgan fingerprint density at radius 3 is 2.65 bits per heavy atom. The molecule has 1 saturated heterocycles. The van der Waals surface area contributed by atoms with E-state index in [1.54, 1.807) is 12.1 Å². The average Bonchev–Trinajstić information content (AvgIpc) is 2.54. The number of benzene rings is 2. The van der Waals surface area contributed by atoms with Gasteiger partial charge in [0.1, 0.15) is 5.82 Å². The van der Waals surface area contributed by atoms with Crippen LogP contribution in [0.2, 0.25) is 0 Å². The molecule has 0 unspecified atom stereocenters. The molecule has 1 amide bonds. The van der Waals surface area contributed by atoms with E-state index in [4.69, 9.17) is 0 Å². The summed E-state index contributed by atoms with van der Waals surface area (Å²) in [5.41, 5.74) is 2.71. The Morgan fingerprint density at radius 2 is 1.91 bits per heavy atom. The van der Waals surface area contributed by atoms with Gasteiger partial charge in [-0.2, -0.15) is 0 Å². The molecule has 0 aliphatic carbocycles. The number of aryl methyl sites for hydroxylation is 1. The molecule has 1 aliphatic rings. The van der Waals surface area contributed by atoms with Crippen LogP contribution in [0.4, 0.5) is 10.1 Å². The third kappa shape index (κ3) is 3.27. The van der Waals surface area contributed by atoms with Crippen molar-refractivity contribution in [1.82, 2.24) is 4.90 Å². The Morgan fingerprint density at radius 1 is 1.13 bits per heavy atom. The predicted octanol–water partition coefficient (Wildman–Crippen LogP) is 3.37. The van der Waals surface area contributed by atoms with Crippen molar-refractivity contribution >= 4 is 11.6 Å². The largest absolute Gasteiger partial charge is 0.310 e. The Balaban J connectivity index is 1.75. The SMILES string of the molecule is Cc1cccc(N2CCN(Cc3ccccc3F)[C@H](C)C2=O)c1. The van der Waals surface area contributed by atoms with E-state index < -0.39 is 0 Å². The molecule has 4 heteroatoms. The molecule has 0 spiro atoms. The van der Waals surface area contributed by atoms with E-state index in [0.717, 1.165) is 17.8 Å². The van der Waals surface area contributed by atoms with Crippen molar-refractivity contribution in [1.29, 1.82) is 0 Å². The van der Waals surface area contributed by atoms with Crippen molar-refractivity contribution in [3.63, 3.8) is 0 Å². The summed E-state index contributed by atoms with van der Waals surface area (Å²) < 4.78 is 13.8. The predicted molar refractivity (Wildman–Crippen MR) is 89.8 cm³/mol. The maximum atomic E-state index is 13.8. The number of piperazine rings is 1. The highest BCUT2D eigenvalue weighted by molar-refractivity contribution is 5.97. The molecule has 0 saturated carbocycles. The van der Waals surface area contributed by atoms with Crippen LogP contribution in [0, 0.1) is 12.7 Å². The van der Waals surface area contributed by atoms with Crippen LogP contribution in [0.1, 0.15) is 18.1 Å². The highest BCUT2D eigenvalue weighted by Gasteiger charge is 2.32. The third-order valence-corrected chi connectivity index (χ3v) is 4.43. The van der Waals surface area contributed by atoms with E-state index in [9.17, 15) is 9.18 Å². The molecular formula is C19H21FN2O. The standard InChI is InChI=1S/C19H21FN2O/c1-14-6-5-8-17(12-14)22-11-10-21(15(2)19(22)23)13-16-7-3-4-9-18(16)20/h3-9,12,15H,10-11,13H2,1-2H3/t15-/m1/s1. The van der Waals surface area contributed by atoms with Crippen molar-refractivity contribution in [3.05, 3.63) is 65.5 Å². The van der Waals surface area contributed by atoms with Crippen LogP contribution in [0.5, 0.6) is 0 Å². The number of hydrogen-bond donors (Lipinski definition) is 0. The number of carbonyl (C=O) groups is 1. The number of amides is 1. The molecule has 1 atom stereocenters. The molecule has 23 heavy (non-hydrogen) atoms. The fourth-order valence-electron chi connectivity index (χ4n) is 3.03. The van der Waals surface area contributed by atoms with Crippen molar-refractivity contribution in [2.75, 3.05) is 18.0 Å². The van der Waals surface area contributed by atoms with Gasteiger partial charge in [0.2, 0.25) is 5.91 Å². The molecule has 1 heterocycles. The Bertz CT molecular complexity index is 716. The molecule has 2 aromatic rings. The number of rotatable bonds is 3. The van der Waals surface area contributed by atoms with Crippen LogP contribution in [-0.2, 0) is 11.3 Å². The Kier molecular flexibility index (Phi) is 4.44. The molecule has 0 bridgehead atoms. The summed E-state index contributed by atoms with van der Waals surface area (Å²) in [6.45, 7) is 5.73. The van der Waals surface area contributed by atoms with E-state index in [0.29, 0.717) is 18.7 Å². The zero-order valence-corrected chi connectivity index (χ0v) is 13.5. The second kappa shape index (κ2) is 6.50. The number of carbonyl (C=O) groups excluding carboxylic acids is 1. The zero-order chi connectivity index (χ0) is 16.4. The lowest BCUT2D eigenvalue weighted by molar-refractivity contribution is -0.125. The van der Waals surface area contributed by atoms with E-state index in [1.807, 2.05) is 54.0 Å². The van der Waals surface area contributed by atoms with Crippen LogP contribution in [0.15, 0.2) is 48.5 Å². The lowest BCUT2D eigenvalue weighted by atomic mass is 10.1. The van der Waals surface area contributed by atoms with Gasteiger partial charge < -0.3 is 4.90 Å². The number of anilines is 1. The van der Waals surface area contributed by atoms with Gasteiger partial charge >= 0.3 is 0 Å². The second-order valence-corrected chi connectivity index (χ2v) is 6.07. The lowest BCUT2D eigenvalue weighted by Gasteiger charge is -2.39. The summed E-state index contributed by atoms with van der Waals surface area (Å²) in [6.07, 6.45) is 0. The normalized spacial score (nSPS) is 19.2. The van der Waals surface area contributed by atoms with Crippen molar-refractivity contribution in [2.45, 2.75) is 26.4 Å². The third-order valence-electron chi connectivity index (χ3n) is 4.43. The highest BCUT2D eigenvalue weighted by atomic mass is 19.1. The second-order valence-electron chi connectivity index (χ2n) is 6.07. The van der Waals surface area contributed by atoms with Crippen molar-refractivity contribution < 1.29 is 9.18 Å². The topological polar surface area (TPSA) is 23.6 Å². The van der Waals surface area contributed by atoms with Crippen molar-refractivity contribution in [2.24, 2.45) is 0 Å². The summed E-state index contributed by atoms with van der Waals surface area (Å²) >= 11 is 0. The number of nitrogens with zero attached hydrogens (tertiary/aromatic N) is 2. The Hall–Kier alpha value is -2.20. The molecule has 0 aromatic heterocycles. The van der Waals surface area contributed by atoms with Gasteiger partial charge in [0.25, 0.3) is 0 Å². The fraction of sp³-hybridized carbons (Fsp3) is 0.316. The molecule has 0 N–H and O–H groups in total. The molecule has 2 aromatic carbocycles. The quantitative estimate of drug-likeness (QED) is 0.867. The minimum absolute atomic E-state index is 0.0678. The monoisotopic (exact) mass is 312 g/mol. The first-order valence-corrected chi connectivity index (χ1v) is 7.92. The smallest absolute Gasteiger partial charge is 0.244 e. The maximum absolute atomic E-state index is 13.8. The van der Waals surface area contributed by atoms with E-state index in [2.05, 4.69) is 0 Å². The van der Waals surface area contributed by atoms with Crippen LogP contribution in [-0.4, -0.2) is 29.9 Å². The van der Waals surface area contributed by atoms with Gasteiger partial charge in [-0.3, -0.25) is 9.69 Å². The van der Waals surface area contributed by atoms with Crippen LogP contribution in [0.25, 0.3) is 0 Å². The minimum atomic E-state index is -0.260. The first-order chi connectivity index (χ1) is 11.1. The summed E-state index contributed by atoms with van der Waals surface area (Å²) in [7, 11) is 0. The van der Waals surface area contributed by atoms with Crippen molar-refractivity contribution in [3.8, 4) is 0 Å². The maximum Gasteiger partial charge on any atom is 0.244 e. The molecule has 1 aliphatic heterocycles. The summed E-state index contributed by atoms with van der Waals surface area (Å²) in [4.78, 5) is 16.6. The summed E-state index contributed by atoms with van der Waals surface area (Å²) in [5.74, 6) is -0.147. The lowest BCUT2D eigenvalue weighted by Crippen LogP contribution is -2.55.